The molecule has 1 unspecified atom stereocenters. The van der Waals surface area contributed by atoms with Crippen LogP contribution in [0.3, 0.4) is 0 Å². The molecule has 2 aromatic carbocycles. The summed E-state index contributed by atoms with van der Waals surface area (Å²) in [7, 11) is -3.77. The van der Waals surface area contributed by atoms with E-state index in [9.17, 15) is 13.2 Å². The molecule has 0 N–H and O–H groups in total. The Morgan fingerprint density at radius 2 is 1.81 bits per heavy atom. The van der Waals surface area contributed by atoms with Crippen LogP contribution in [0.2, 0.25) is 0 Å². The average molecular weight is 371 g/mol. The highest BCUT2D eigenvalue weighted by atomic mass is 32.2. The Labute approximate surface area is 154 Å². The number of sulfonamides is 1. The van der Waals surface area contributed by atoms with E-state index in [0.29, 0.717) is 12.1 Å². The fraction of sp³-hybridized carbons (Fsp3) is 0.250. The van der Waals surface area contributed by atoms with Crippen molar-refractivity contribution in [2.24, 2.45) is 0 Å². The number of aryl methyl sites for hydroxylation is 1. The molecule has 1 heterocycles. The van der Waals surface area contributed by atoms with Crippen molar-refractivity contribution in [3.63, 3.8) is 0 Å². The summed E-state index contributed by atoms with van der Waals surface area (Å²) in [6.45, 7) is 3.86. The van der Waals surface area contributed by atoms with Crippen molar-refractivity contribution in [2.75, 3.05) is 6.61 Å². The van der Waals surface area contributed by atoms with E-state index >= 15 is 0 Å². The average Bonchev–Trinajstić information content (AvgIpc) is 2.59. The van der Waals surface area contributed by atoms with Crippen LogP contribution < -0.4 is 0 Å². The molecule has 0 aromatic heterocycles. The third-order valence-corrected chi connectivity index (χ3v) is 6.18. The van der Waals surface area contributed by atoms with Gasteiger partial charge in [-0.2, -0.15) is 0 Å². The van der Waals surface area contributed by atoms with E-state index in [1.165, 1.54) is 10.4 Å². The van der Waals surface area contributed by atoms with Crippen LogP contribution in [0.25, 0.3) is 0 Å². The van der Waals surface area contributed by atoms with Crippen LogP contribution in [0.5, 0.6) is 0 Å². The summed E-state index contributed by atoms with van der Waals surface area (Å²) in [6.07, 6.45) is 1.74. The number of hydrogen-bond acceptors (Lipinski definition) is 4. The summed E-state index contributed by atoms with van der Waals surface area (Å²) in [6, 6.07) is 15.8. The second-order valence-corrected chi connectivity index (χ2v) is 7.95. The summed E-state index contributed by atoms with van der Waals surface area (Å²) in [5.74, 6) is -0.530. The first-order valence-electron chi connectivity index (χ1n) is 8.47. The smallest absolute Gasteiger partial charge is 0.332 e. The second kappa shape index (κ2) is 7.33. The molecule has 3 rings (SSSR count). The quantitative estimate of drug-likeness (QED) is 0.595. The number of benzene rings is 2. The van der Waals surface area contributed by atoms with Gasteiger partial charge in [0.15, 0.2) is 0 Å². The number of hydrogen-bond donors (Lipinski definition) is 0. The van der Waals surface area contributed by atoms with Crippen LogP contribution in [0.15, 0.2) is 71.3 Å². The molecule has 26 heavy (non-hydrogen) atoms. The van der Waals surface area contributed by atoms with Crippen LogP contribution in [0.4, 0.5) is 0 Å². The van der Waals surface area contributed by atoms with Crippen molar-refractivity contribution in [3.8, 4) is 0 Å². The zero-order chi connectivity index (χ0) is 18.7. The summed E-state index contributed by atoms with van der Waals surface area (Å²) >= 11 is 0. The van der Waals surface area contributed by atoms with Gasteiger partial charge in [-0.15, -0.1) is 0 Å². The van der Waals surface area contributed by atoms with E-state index in [-0.39, 0.29) is 17.5 Å². The molecule has 0 saturated carbocycles. The Kier molecular flexibility index (Phi) is 5.13. The van der Waals surface area contributed by atoms with Gasteiger partial charge in [-0.3, -0.25) is 4.31 Å². The Morgan fingerprint density at radius 3 is 2.42 bits per heavy atom. The highest BCUT2D eigenvalue weighted by molar-refractivity contribution is 7.89. The first-order valence-corrected chi connectivity index (χ1v) is 9.91. The molecule has 1 aliphatic rings. The van der Waals surface area contributed by atoms with Crippen molar-refractivity contribution in [2.45, 2.75) is 31.2 Å². The molecule has 1 fully saturated rings. The topological polar surface area (TPSA) is 63.7 Å². The van der Waals surface area contributed by atoms with Gasteiger partial charge in [-0.25, -0.2) is 13.2 Å². The summed E-state index contributed by atoms with van der Waals surface area (Å²) in [5.41, 5.74) is 2.32. The Morgan fingerprint density at radius 1 is 1.15 bits per heavy atom. The van der Waals surface area contributed by atoms with Crippen molar-refractivity contribution < 1.29 is 17.9 Å². The zero-order valence-electron chi connectivity index (χ0n) is 14.8. The first-order chi connectivity index (χ1) is 12.4. The van der Waals surface area contributed by atoms with Gasteiger partial charge in [-0.1, -0.05) is 48.0 Å². The molecule has 1 atom stereocenters. The molecular weight excluding hydrogens is 350 g/mol. The highest BCUT2D eigenvalue weighted by Crippen LogP contribution is 2.45. The van der Waals surface area contributed by atoms with Gasteiger partial charge in [0.1, 0.15) is 0 Å². The highest BCUT2D eigenvalue weighted by Gasteiger charge is 2.43. The van der Waals surface area contributed by atoms with Crippen LogP contribution in [-0.2, 0) is 19.6 Å². The van der Waals surface area contributed by atoms with E-state index in [1.807, 2.05) is 37.3 Å². The normalized spacial score (nSPS) is 18.5. The molecule has 1 saturated heterocycles. The van der Waals surface area contributed by atoms with Crippen LogP contribution in [-0.4, -0.2) is 25.3 Å². The predicted octanol–water partition coefficient (Wildman–Crippen LogP) is 3.58. The van der Waals surface area contributed by atoms with Gasteiger partial charge >= 0.3 is 5.97 Å². The molecule has 2 aromatic rings. The minimum Gasteiger partial charge on any atom is -0.463 e. The lowest BCUT2D eigenvalue weighted by Gasteiger charge is -2.44. The van der Waals surface area contributed by atoms with Crippen molar-refractivity contribution in [1.29, 1.82) is 0 Å². The molecule has 5 nitrogen and oxygen atoms in total. The maximum absolute atomic E-state index is 13.2. The minimum absolute atomic E-state index is 0.207. The zero-order valence-corrected chi connectivity index (χ0v) is 15.6. The lowest BCUT2D eigenvalue weighted by molar-refractivity contribution is -0.137. The molecular formula is C20H21NO4S. The minimum atomic E-state index is -3.77. The molecule has 0 amide bonds. The van der Waals surface area contributed by atoms with Crippen LogP contribution in [0.1, 0.15) is 30.5 Å². The van der Waals surface area contributed by atoms with Gasteiger partial charge in [0.2, 0.25) is 0 Å². The molecule has 0 bridgehead atoms. The number of carbonyl (C=O) groups excluding carboxylic acids is 1. The Bertz CT molecular complexity index is 918. The summed E-state index contributed by atoms with van der Waals surface area (Å²) < 4.78 is 32.6. The van der Waals surface area contributed by atoms with Crippen molar-refractivity contribution in [1.82, 2.24) is 4.31 Å². The molecule has 0 aliphatic carbocycles. The predicted molar refractivity (Wildman–Crippen MR) is 98.7 cm³/mol. The molecule has 136 valence electrons. The number of carbonyl (C=O) groups is 1. The van der Waals surface area contributed by atoms with Gasteiger partial charge in [0.05, 0.1) is 17.5 Å². The van der Waals surface area contributed by atoms with Gasteiger partial charge in [-0.05, 0) is 31.5 Å². The number of ether oxygens (including phenoxy) is 1. The van der Waals surface area contributed by atoms with E-state index < -0.39 is 16.0 Å². The van der Waals surface area contributed by atoms with E-state index in [1.54, 1.807) is 31.2 Å². The third-order valence-electron chi connectivity index (χ3n) is 4.30. The van der Waals surface area contributed by atoms with Crippen molar-refractivity contribution in [3.05, 3.63) is 77.5 Å². The fourth-order valence-electron chi connectivity index (χ4n) is 2.98. The number of nitrogens with zero attached hydrogens (tertiary/aromatic N) is 1. The van der Waals surface area contributed by atoms with Crippen LogP contribution in [0, 0.1) is 6.92 Å². The number of rotatable bonds is 5. The lowest BCUT2D eigenvalue weighted by Crippen LogP contribution is -2.43. The lowest BCUT2D eigenvalue weighted by atomic mass is 9.94. The SMILES string of the molecule is CCOC(=O)/C=C1\CC(c2ccccc2)N1S(=O)(=O)c1ccc(C)cc1. The van der Waals surface area contributed by atoms with Gasteiger partial charge in [0.25, 0.3) is 10.0 Å². The third kappa shape index (κ3) is 3.51. The first kappa shape index (κ1) is 18.2. The monoisotopic (exact) mass is 371 g/mol. The van der Waals surface area contributed by atoms with Gasteiger partial charge in [0, 0.05) is 18.2 Å². The van der Waals surface area contributed by atoms with E-state index in [0.717, 1.165) is 11.1 Å². The maximum atomic E-state index is 13.2. The maximum Gasteiger partial charge on any atom is 0.332 e. The van der Waals surface area contributed by atoms with Gasteiger partial charge < -0.3 is 4.74 Å². The molecule has 0 radical (unpaired) electrons. The Balaban J connectivity index is 2.00. The van der Waals surface area contributed by atoms with E-state index in [4.69, 9.17) is 4.74 Å². The largest absolute Gasteiger partial charge is 0.463 e. The molecule has 1 aliphatic heterocycles. The Hall–Kier alpha value is -2.60. The summed E-state index contributed by atoms with van der Waals surface area (Å²) in [5, 5.41) is 0. The summed E-state index contributed by atoms with van der Waals surface area (Å²) in [4.78, 5) is 12.0. The number of esters is 1. The fourth-order valence-corrected chi connectivity index (χ4v) is 4.65. The van der Waals surface area contributed by atoms with Crippen molar-refractivity contribution >= 4 is 16.0 Å². The molecule has 6 heteroatoms. The second-order valence-electron chi connectivity index (χ2n) is 6.13. The molecule has 0 spiro atoms. The van der Waals surface area contributed by atoms with Crippen LogP contribution >= 0.6 is 0 Å². The van der Waals surface area contributed by atoms with E-state index in [2.05, 4.69) is 0 Å². The standard InChI is InChI=1S/C20H21NO4S/c1-3-25-20(22)14-17-13-19(16-7-5-4-6-8-16)21(17)26(23,24)18-11-9-15(2)10-12-18/h4-12,14,19H,3,13H2,1-2H3/b17-14+.